The summed E-state index contributed by atoms with van der Waals surface area (Å²) in [7, 11) is 0. The topological polar surface area (TPSA) is 98.7 Å². The molecule has 1 atom stereocenters. The fourth-order valence-corrected chi connectivity index (χ4v) is 3.43. The number of carbonyl (C=O) groups excluding carboxylic acids is 1. The first kappa shape index (κ1) is 19.2. The van der Waals surface area contributed by atoms with E-state index in [-0.39, 0.29) is 5.91 Å². The predicted octanol–water partition coefficient (Wildman–Crippen LogP) is 2.63. The molecule has 0 aliphatic carbocycles. The van der Waals surface area contributed by atoms with Crippen LogP contribution in [-0.4, -0.2) is 31.7 Å². The van der Waals surface area contributed by atoms with Crippen molar-refractivity contribution in [3.05, 3.63) is 59.1 Å². The molecule has 3 N–H and O–H groups in total. The summed E-state index contributed by atoms with van der Waals surface area (Å²) >= 11 is 1.40. The van der Waals surface area contributed by atoms with Crippen LogP contribution >= 0.6 is 11.3 Å². The normalized spacial score (nSPS) is 12.1. The number of amides is 1. The molecule has 0 saturated carbocycles. The minimum absolute atomic E-state index is 0.272. The lowest BCUT2D eigenvalue weighted by atomic mass is 10.1. The Kier molecular flexibility index (Phi) is 6.67. The van der Waals surface area contributed by atoms with Crippen molar-refractivity contribution >= 4 is 22.4 Å². The molecule has 0 bridgehead atoms. The largest absolute Gasteiger partial charge is 0.333 e. The molecule has 1 amide bonds. The third kappa shape index (κ3) is 5.70. The summed E-state index contributed by atoms with van der Waals surface area (Å²) in [5, 5.41) is 12.3. The fourth-order valence-electron chi connectivity index (χ4n) is 2.64. The van der Waals surface area contributed by atoms with Crippen LogP contribution in [0.3, 0.4) is 0 Å². The van der Waals surface area contributed by atoms with Crippen LogP contribution in [0, 0.1) is 0 Å². The number of unbranched alkanes of at least 4 members (excludes halogenated alkanes) is 1. The number of imidazole rings is 1. The first-order valence-corrected chi connectivity index (χ1v) is 9.89. The van der Waals surface area contributed by atoms with Crippen molar-refractivity contribution < 1.29 is 4.79 Å². The highest BCUT2D eigenvalue weighted by molar-refractivity contribution is 7.15. The highest BCUT2D eigenvalue weighted by Gasteiger charge is 2.17. The van der Waals surface area contributed by atoms with Gasteiger partial charge in [-0.3, -0.25) is 10.1 Å². The molecule has 142 valence electrons. The monoisotopic (exact) mass is 384 g/mol. The van der Waals surface area contributed by atoms with Crippen LogP contribution < -0.4 is 11.1 Å². The molecule has 0 radical (unpaired) electrons. The Morgan fingerprint density at radius 1 is 1.30 bits per heavy atom. The van der Waals surface area contributed by atoms with Crippen LogP contribution in [0.2, 0.25) is 0 Å². The zero-order valence-corrected chi connectivity index (χ0v) is 16.2. The Morgan fingerprint density at radius 2 is 2.11 bits per heavy atom. The molecule has 0 aliphatic heterocycles. The van der Waals surface area contributed by atoms with E-state index in [9.17, 15) is 4.79 Å². The summed E-state index contributed by atoms with van der Waals surface area (Å²) in [5.74, 6) is -0.272. The molecule has 0 aliphatic rings. The smallest absolute Gasteiger partial charge is 0.243 e. The van der Waals surface area contributed by atoms with E-state index in [4.69, 9.17) is 5.73 Å². The van der Waals surface area contributed by atoms with E-state index >= 15 is 0 Å². The Hall–Kier alpha value is -2.58. The molecular formula is C19H24N6OS. The summed E-state index contributed by atoms with van der Waals surface area (Å²) in [6, 6.07) is 9.45. The molecular weight excluding hydrogens is 360 g/mol. The van der Waals surface area contributed by atoms with E-state index in [0.29, 0.717) is 11.6 Å². The van der Waals surface area contributed by atoms with Gasteiger partial charge < -0.3 is 10.3 Å². The van der Waals surface area contributed by atoms with Gasteiger partial charge in [0.25, 0.3) is 0 Å². The number of nitrogens with zero attached hydrogens (tertiary/aromatic N) is 4. The summed E-state index contributed by atoms with van der Waals surface area (Å²) in [6.45, 7) is 2.87. The van der Waals surface area contributed by atoms with Crippen LogP contribution in [0.25, 0.3) is 0 Å². The van der Waals surface area contributed by atoms with Gasteiger partial charge in [0.1, 0.15) is 5.01 Å². The van der Waals surface area contributed by atoms with Crippen LogP contribution in [0.5, 0.6) is 0 Å². The van der Waals surface area contributed by atoms with Crippen molar-refractivity contribution in [2.75, 3.05) is 5.32 Å². The second-order valence-electron chi connectivity index (χ2n) is 6.43. The van der Waals surface area contributed by atoms with E-state index in [1.54, 1.807) is 6.33 Å². The number of carbonyl (C=O) groups is 1. The Labute approximate surface area is 162 Å². The van der Waals surface area contributed by atoms with Gasteiger partial charge >= 0.3 is 0 Å². The first-order valence-electron chi connectivity index (χ1n) is 9.07. The molecule has 1 aromatic carbocycles. The quantitative estimate of drug-likeness (QED) is 0.591. The van der Waals surface area contributed by atoms with Gasteiger partial charge in [0.05, 0.1) is 18.1 Å². The maximum atomic E-state index is 12.3. The average molecular weight is 385 g/mol. The van der Waals surface area contributed by atoms with Gasteiger partial charge in [0, 0.05) is 25.6 Å². The number of hydrogen-bond acceptors (Lipinski definition) is 6. The molecule has 2 heterocycles. The van der Waals surface area contributed by atoms with E-state index in [0.717, 1.165) is 36.5 Å². The third-order valence-electron chi connectivity index (χ3n) is 4.10. The van der Waals surface area contributed by atoms with Crippen molar-refractivity contribution in [2.24, 2.45) is 5.73 Å². The lowest BCUT2D eigenvalue weighted by molar-refractivity contribution is -0.117. The van der Waals surface area contributed by atoms with E-state index in [2.05, 4.69) is 39.6 Å². The molecule has 0 unspecified atom stereocenters. The third-order valence-corrected chi connectivity index (χ3v) is 5.00. The lowest BCUT2D eigenvalue weighted by Gasteiger charge is -2.08. The van der Waals surface area contributed by atoms with Gasteiger partial charge in [0.2, 0.25) is 11.0 Å². The first-order chi connectivity index (χ1) is 13.1. The zero-order chi connectivity index (χ0) is 19.1. The average Bonchev–Trinajstić information content (AvgIpc) is 3.30. The second kappa shape index (κ2) is 9.38. The van der Waals surface area contributed by atoms with E-state index in [1.165, 1.54) is 16.9 Å². The van der Waals surface area contributed by atoms with Gasteiger partial charge in [-0.25, -0.2) is 4.98 Å². The van der Waals surface area contributed by atoms with Gasteiger partial charge in [-0.2, -0.15) is 0 Å². The molecule has 3 aromatic rings. The Balaban J connectivity index is 1.51. The predicted molar refractivity (Wildman–Crippen MR) is 107 cm³/mol. The maximum absolute atomic E-state index is 12.3. The SMILES string of the molecule is CCCCc1nnc(NC(=O)[C@@H](N)Cc2cn(Cc3ccccc3)cn2)s1. The number of aromatic nitrogens is 4. The summed E-state index contributed by atoms with van der Waals surface area (Å²) in [4.78, 5) is 16.7. The fraction of sp³-hybridized carbons (Fsp3) is 0.368. The standard InChI is InChI=1S/C19H24N6OS/c1-2-3-9-17-23-24-19(27-17)22-18(26)16(20)10-15-12-25(13-21-15)11-14-7-5-4-6-8-14/h4-8,12-13,16H,2-3,9-11,20H2,1H3,(H,22,24,26)/t16-/m0/s1. The molecule has 27 heavy (non-hydrogen) atoms. The number of nitrogens with two attached hydrogens (primary N) is 1. The van der Waals surface area contributed by atoms with E-state index in [1.807, 2.05) is 29.0 Å². The Bertz CT molecular complexity index is 860. The van der Waals surface area contributed by atoms with Crippen LogP contribution in [-0.2, 0) is 24.2 Å². The molecule has 0 fully saturated rings. The van der Waals surface area contributed by atoms with Crippen molar-refractivity contribution in [1.82, 2.24) is 19.7 Å². The summed E-state index contributed by atoms with van der Waals surface area (Å²) in [6.07, 6.45) is 7.10. The number of benzene rings is 1. The van der Waals surface area contributed by atoms with E-state index < -0.39 is 6.04 Å². The Morgan fingerprint density at radius 3 is 2.89 bits per heavy atom. The minimum Gasteiger partial charge on any atom is -0.333 e. The van der Waals surface area contributed by atoms with Crippen LogP contribution in [0.4, 0.5) is 5.13 Å². The highest BCUT2D eigenvalue weighted by atomic mass is 32.1. The molecule has 0 spiro atoms. The number of hydrogen-bond donors (Lipinski definition) is 2. The number of aryl methyl sites for hydroxylation is 1. The van der Waals surface area contributed by atoms with Crippen molar-refractivity contribution in [2.45, 2.75) is 45.2 Å². The van der Waals surface area contributed by atoms with Crippen molar-refractivity contribution in [3.63, 3.8) is 0 Å². The lowest BCUT2D eigenvalue weighted by Crippen LogP contribution is -2.37. The van der Waals surface area contributed by atoms with Crippen LogP contribution in [0.1, 0.15) is 36.0 Å². The van der Waals surface area contributed by atoms with Gasteiger partial charge in [-0.1, -0.05) is 55.0 Å². The van der Waals surface area contributed by atoms with Crippen molar-refractivity contribution in [3.8, 4) is 0 Å². The molecule has 8 heteroatoms. The van der Waals surface area contributed by atoms with Gasteiger partial charge in [0.15, 0.2) is 0 Å². The number of nitrogens with one attached hydrogen (secondary N) is 1. The number of anilines is 1. The molecule has 2 aromatic heterocycles. The highest BCUT2D eigenvalue weighted by Crippen LogP contribution is 2.17. The van der Waals surface area contributed by atoms with Gasteiger partial charge in [-0.05, 0) is 12.0 Å². The number of rotatable bonds is 9. The maximum Gasteiger partial charge on any atom is 0.243 e. The zero-order valence-electron chi connectivity index (χ0n) is 15.3. The summed E-state index contributed by atoms with van der Waals surface area (Å²) < 4.78 is 1.99. The molecule has 3 rings (SSSR count). The van der Waals surface area contributed by atoms with Gasteiger partial charge in [-0.15, -0.1) is 10.2 Å². The van der Waals surface area contributed by atoms with Crippen LogP contribution in [0.15, 0.2) is 42.9 Å². The molecule has 7 nitrogen and oxygen atoms in total. The second-order valence-corrected chi connectivity index (χ2v) is 7.49. The van der Waals surface area contributed by atoms with Crippen molar-refractivity contribution in [1.29, 1.82) is 0 Å². The minimum atomic E-state index is -0.687. The molecule has 0 saturated heterocycles. The summed E-state index contributed by atoms with van der Waals surface area (Å²) in [5.41, 5.74) is 8.02.